The van der Waals surface area contributed by atoms with E-state index in [1.54, 1.807) is 16.9 Å². The number of rotatable bonds is 2. The zero-order valence-corrected chi connectivity index (χ0v) is 11.2. The fraction of sp³-hybridized carbons (Fsp3) is 0.286. The number of carbonyl (C=O) groups excluding carboxylic acids is 1. The predicted molar refractivity (Wildman–Crippen MR) is 74.5 cm³/mol. The smallest absolute Gasteiger partial charge is 0.247 e. The molecule has 0 radical (unpaired) electrons. The summed E-state index contributed by atoms with van der Waals surface area (Å²) in [7, 11) is 1.81. The number of para-hydroxylation sites is 1. The molecule has 104 valence electrons. The van der Waals surface area contributed by atoms with Gasteiger partial charge >= 0.3 is 0 Å². The van der Waals surface area contributed by atoms with E-state index < -0.39 is 6.04 Å². The molecule has 0 aliphatic carbocycles. The maximum Gasteiger partial charge on any atom is 0.247 e. The lowest BCUT2D eigenvalue weighted by Crippen LogP contribution is -2.33. The first kappa shape index (κ1) is 12.7. The molecular formula is C14H16N4O2. The molecule has 6 heteroatoms. The number of carbonyl (C=O) groups is 1. The summed E-state index contributed by atoms with van der Waals surface area (Å²) in [5.41, 5.74) is 0.846. The Morgan fingerprint density at radius 1 is 1.45 bits per heavy atom. The zero-order chi connectivity index (χ0) is 13.9. The molecule has 3 rings (SSSR count). The lowest BCUT2D eigenvalue weighted by molar-refractivity contribution is -0.118. The summed E-state index contributed by atoms with van der Waals surface area (Å²) >= 11 is 0. The van der Waals surface area contributed by atoms with Crippen LogP contribution in [0, 0.1) is 0 Å². The van der Waals surface area contributed by atoms with Gasteiger partial charge in [-0.05, 0) is 6.07 Å². The van der Waals surface area contributed by atoms with Crippen molar-refractivity contribution in [2.75, 3.05) is 18.5 Å². The van der Waals surface area contributed by atoms with Gasteiger partial charge in [-0.2, -0.15) is 5.10 Å². The molecule has 0 spiro atoms. The van der Waals surface area contributed by atoms with E-state index in [1.807, 2.05) is 31.3 Å². The zero-order valence-electron chi connectivity index (χ0n) is 11.2. The third-order valence-corrected chi connectivity index (χ3v) is 3.17. The Morgan fingerprint density at radius 2 is 2.30 bits per heavy atom. The van der Waals surface area contributed by atoms with Gasteiger partial charge in [0.15, 0.2) is 5.82 Å². The number of aryl methyl sites for hydroxylation is 1. The maximum absolute atomic E-state index is 12.4. The maximum atomic E-state index is 12.4. The number of fused-ring (bicyclic) bond motifs is 1. The molecule has 2 heterocycles. The molecule has 2 aromatic rings. The second kappa shape index (κ2) is 5.34. The first-order chi connectivity index (χ1) is 9.74. The molecule has 1 atom stereocenters. The predicted octanol–water partition coefficient (Wildman–Crippen LogP) is 1.08. The van der Waals surface area contributed by atoms with Crippen LogP contribution >= 0.6 is 0 Å². The number of nitrogens with zero attached hydrogens (tertiary/aromatic N) is 2. The molecule has 2 N–H and O–H groups in total. The van der Waals surface area contributed by atoms with Gasteiger partial charge in [-0.3, -0.25) is 14.8 Å². The van der Waals surface area contributed by atoms with Crippen molar-refractivity contribution in [1.29, 1.82) is 0 Å². The summed E-state index contributed by atoms with van der Waals surface area (Å²) in [6, 6.07) is 8.90. The Hall–Kier alpha value is -2.34. The van der Waals surface area contributed by atoms with E-state index in [0.29, 0.717) is 19.0 Å². The lowest BCUT2D eigenvalue weighted by Gasteiger charge is -2.16. The van der Waals surface area contributed by atoms with Gasteiger partial charge in [0.25, 0.3) is 0 Å². The summed E-state index contributed by atoms with van der Waals surface area (Å²) in [4.78, 5) is 12.4. The number of nitrogens with one attached hydrogen (secondary N) is 2. The summed E-state index contributed by atoms with van der Waals surface area (Å²) in [5.74, 6) is 1.15. The number of anilines is 1. The molecule has 1 unspecified atom stereocenters. The van der Waals surface area contributed by atoms with Crippen molar-refractivity contribution < 1.29 is 9.53 Å². The van der Waals surface area contributed by atoms with E-state index in [0.717, 1.165) is 11.3 Å². The molecule has 1 aromatic heterocycles. The van der Waals surface area contributed by atoms with Crippen LogP contribution in [0.2, 0.25) is 0 Å². The summed E-state index contributed by atoms with van der Waals surface area (Å²) in [6.07, 6.45) is 1.78. The highest BCUT2D eigenvalue weighted by molar-refractivity contribution is 5.95. The van der Waals surface area contributed by atoms with Crippen molar-refractivity contribution in [2.24, 2.45) is 7.05 Å². The molecule has 0 fully saturated rings. The van der Waals surface area contributed by atoms with Gasteiger partial charge in [-0.15, -0.1) is 0 Å². The molecule has 0 saturated carbocycles. The van der Waals surface area contributed by atoms with Crippen LogP contribution in [0.25, 0.3) is 0 Å². The Bertz CT molecular complexity index is 623. The largest absolute Gasteiger partial charge is 0.492 e. The topological polar surface area (TPSA) is 68.2 Å². The van der Waals surface area contributed by atoms with Crippen molar-refractivity contribution in [3.05, 3.63) is 42.1 Å². The highest BCUT2D eigenvalue weighted by Gasteiger charge is 2.25. The highest BCUT2D eigenvalue weighted by atomic mass is 16.5. The third-order valence-electron chi connectivity index (χ3n) is 3.17. The number of amides is 1. The number of hydrogen-bond donors (Lipinski definition) is 2. The van der Waals surface area contributed by atoms with E-state index in [4.69, 9.17) is 4.74 Å². The van der Waals surface area contributed by atoms with Gasteiger partial charge < -0.3 is 10.1 Å². The lowest BCUT2D eigenvalue weighted by atomic mass is 10.1. The van der Waals surface area contributed by atoms with Crippen molar-refractivity contribution in [1.82, 2.24) is 15.1 Å². The molecule has 6 nitrogen and oxygen atoms in total. The van der Waals surface area contributed by atoms with Gasteiger partial charge in [0.05, 0.1) is 0 Å². The summed E-state index contributed by atoms with van der Waals surface area (Å²) in [6.45, 7) is 1.17. The molecule has 1 aliphatic rings. The number of hydrogen-bond acceptors (Lipinski definition) is 4. The minimum Gasteiger partial charge on any atom is -0.492 e. The van der Waals surface area contributed by atoms with Crippen LogP contribution in [0.1, 0.15) is 11.6 Å². The Labute approximate surface area is 116 Å². The molecule has 1 aliphatic heterocycles. The first-order valence-electron chi connectivity index (χ1n) is 6.49. The fourth-order valence-electron chi connectivity index (χ4n) is 2.24. The molecule has 0 bridgehead atoms. The van der Waals surface area contributed by atoms with Gasteiger partial charge in [0.2, 0.25) is 5.91 Å². The van der Waals surface area contributed by atoms with Gasteiger partial charge in [-0.1, -0.05) is 18.2 Å². The molecule has 1 aromatic carbocycles. The minimum atomic E-state index is -0.435. The average Bonchev–Trinajstić information content (AvgIpc) is 2.74. The summed E-state index contributed by atoms with van der Waals surface area (Å²) < 4.78 is 7.27. The molecule has 0 saturated heterocycles. The third kappa shape index (κ3) is 2.50. The summed E-state index contributed by atoms with van der Waals surface area (Å²) in [5, 5.41) is 10.2. The van der Waals surface area contributed by atoms with E-state index in [-0.39, 0.29) is 5.91 Å². The van der Waals surface area contributed by atoms with E-state index in [9.17, 15) is 4.79 Å². The minimum absolute atomic E-state index is 0.137. The van der Waals surface area contributed by atoms with Crippen molar-refractivity contribution in [3.63, 3.8) is 0 Å². The van der Waals surface area contributed by atoms with Crippen LogP contribution in [-0.4, -0.2) is 28.8 Å². The standard InChI is InChI=1S/C14H16N4O2/c1-18-8-6-12(17-18)16-14(19)13-10-4-2-3-5-11(10)20-9-7-15-13/h2-6,8,13,15H,7,9H2,1H3,(H,16,17,19). The number of ether oxygens (including phenoxy) is 1. The Balaban J connectivity index is 1.83. The molecule has 1 amide bonds. The number of benzene rings is 1. The van der Waals surface area contributed by atoms with Crippen LogP contribution in [0.3, 0.4) is 0 Å². The van der Waals surface area contributed by atoms with Crippen LogP contribution in [0.15, 0.2) is 36.5 Å². The Morgan fingerprint density at radius 3 is 3.10 bits per heavy atom. The highest BCUT2D eigenvalue weighted by Crippen LogP contribution is 2.27. The monoisotopic (exact) mass is 272 g/mol. The molecule has 20 heavy (non-hydrogen) atoms. The van der Waals surface area contributed by atoms with Crippen LogP contribution in [0.5, 0.6) is 5.75 Å². The normalized spacial score (nSPS) is 17.8. The van der Waals surface area contributed by atoms with Crippen molar-refractivity contribution in [3.8, 4) is 5.75 Å². The van der Waals surface area contributed by atoms with Crippen molar-refractivity contribution >= 4 is 11.7 Å². The van der Waals surface area contributed by atoms with Crippen LogP contribution < -0.4 is 15.4 Å². The number of aromatic nitrogens is 2. The SMILES string of the molecule is Cn1ccc(NC(=O)C2NCCOc3ccccc32)n1. The average molecular weight is 272 g/mol. The molecular weight excluding hydrogens is 256 g/mol. The second-order valence-corrected chi connectivity index (χ2v) is 4.64. The first-order valence-corrected chi connectivity index (χ1v) is 6.49. The fourth-order valence-corrected chi connectivity index (χ4v) is 2.24. The Kier molecular flexibility index (Phi) is 3.39. The van der Waals surface area contributed by atoms with Gasteiger partial charge in [0.1, 0.15) is 18.4 Å². The second-order valence-electron chi connectivity index (χ2n) is 4.64. The quantitative estimate of drug-likeness (QED) is 0.858. The van der Waals surface area contributed by atoms with Crippen LogP contribution in [-0.2, 0) is 11.8 Å². The van der Waals surface area contributed by atoms with E-state index >= 15 is 0 Å². The van der Waals surface area contributed by atoms with E-state index in [2.05, 4.69) is 15.7 Å². The van der Waals surface area contributed by atoms with Crippen molar-refractivity contribution in [2.45, 2.75) is 6.04 Å². The van der Waals surface area contributed by atoms with Crippen LogP contribution in [0.4, 0.5) is 5.82 Å². The van der Waals surface area contributed by atoms with Gasteiger partial charge in [0, 0.05) is 31.4 Å². The van der Waals surface area contributed by atoms with E-state index in [1.165, 1.54) is 0 Å². The van der Waals surface area contributed by atoms with Gasteiger partial charge in [-0.25, -0.2) is 0 Å².